The van der Waals surface area contributed by atoms with Crippen LogP contribution < -0.4 is 10.5 Å². The molecule has 32 heavy (non-hydrogen) atoms. The van der Waals surface area contributed by atoms with Crippen molar-refractivity contribution in [3.8, 4) is 0 Å². The van der Waals surface area contributed by atoms with Gasteiger partial charge in [0.2, 0.25) is 0 Å². The molecule has 0 atom stereocenters. The van der Waals surface area contributed by atoms with Crippen molar-refractivity contribution >= 4 is 51.7 Å². The number of anilines is 1. The van der Waals surface area contributed by atoms with Gasteiger partial charge in [0.05, 0.1) is 10.5 Å². The number of carbonyl (C=O) groups excluding carboxylic acids is 1. The summed E-state index contributed by atoms with van der Waals surface area (Å²) in [5.74, 6) is 0.530. The largest absolute Gasteiger partial charge is 0.353 e. The maximum Gasteiger partial charge on any atom is 0.267 e. The van der Waals surface area contributed by atoms with Gasteiger partial charge >= 0.3 is 0 Å². The highest BCUT2D eigenvalue weighted by Gasteiger charge is 2.32. The van der Waals surface area contributed by atoms with Gasteiger partial charge < -0.3 is 9.80 Å². The first kappa shape index (κ1) is 22.9. The van der Waals surface area contributed by atoms with Crippen molar-refractivity contribution < 1.29 is 4.79 Å². The molecule has 170 valence electrons. The van der Waals surface area contributed by atoms with Gasteiger partial charge in [-0.3, -0.25) is 18.9 Å². The quantitative estimate of drug-likeness (QED) is 0.364. The van der Waals surface area contributed by atoms with Crippen LogP contribution in [-0.4, -0.2) is 69.2 Å². The molecule has 2 aromatic rings. The highest BCUT2D eigenvalue weighted by molar-refractivity contribution is 8.26. The second kappa shape index (κ2) is 9.72. The number of hydrogen-bond donors (Lipinski definition) is 0. The Morgan fingerprint density at radius 2 is 1.94 bits per heavy atom. The summed E-state index contributed by atoms with van der Waals surface area (Å²) in [5.41, 5.74) is 1.88. The van der Waals surface area contributed by atoms with Crippen LogP contribution in [0.2, 0.25) is 0 Å². The third-order valence-electron chi connectivity index (χ3n) is 6.00. The average molecular weight is 472 g/mol. The fraction of sp³-hybridized carbons (Fsp3) is 0.478. The van der Waals surface area contributed by atoms with Crippen LogP contribution in [0.15, 0.2) is 28.0 Å². The molecule has 0 radical (unpaired) electrons. The van der Waals surface area contributed by atoms with Crippen molar-refractivity contribution in [3.05, 3.63) is 44.7 Å². The van der Waals surface area contributed by atoms with Gasteiger partial charge in [-0.1, -0.05) is 49.8 Å². The number of hydrogen-bond acceptors (Lipinski definition) is 7. The fourth-order valence-corrected chi connectivity index (χ4v) is 5.32. The molecule has 0 aromatic carbocycles. The van der Waals surface area contributed by atoms with E-state index in [-0.39, 0.29) is 11.5 Å². The third-order valence-corrected chi connectivity index (χ3v) is 7.38. The van der Waals surface area contributed by atoms with E-state index in [4.69, 9.17) is 17.2 Å². The number of aryl methyl sites for hydroxylation is 1. The summed E-state index contributed by atoms with van der Waals surface area (Å²) in [4.78, 5) is 38.1. The minimum atomic E-state index is -0.163. The molecule has 0 saturated carbocycles. The number of likely N-dealkylation sites (N-methyl/N-ethyl adjacent to an activating group) is 1. The Morgan fingerprint density at radius 1 is 1.19 bits per heavy atom. The first-order valence-electron chi connectivity index (χ1n) is 11.1. The zero-order valence-electron chi connectivity index (χ0n) is 18.8. The van der Waals surface area contributed by atoms with Crippen LogP contribution in [0.5, 0.6) is 0 Å². The Labute approximate surface area is 198 Å². The Bertz CT molecular complexity index is 1140. The molecule has 7 nitrogen and oxygen atoms in total. The molecular weight excluding hydrogens is 442 g/mol. The van der Waals surface area contributed by atoms with Gasteiger partial charge in [0.1, 0.15) is 15.8 Å². The Balaban J connectivity index is 1.78. The third kappa shape index (κ3) is 4.46. The van der Waals surface area contributed by atoms with E-state index in [9.17, 15) is 9.59 Å². The number of rotatable bonds is 6. The lowest BCUT2D eigenvalue weighted by molar-refractivity contribution is -0.122. The maximum atomic E-state index is 13.6. The van der Waals surface area contributed by atoms with Crippen molar-refractivity contribution in [2.24, 2.45) is 0 Å². The van der Waals surface area contributed by atoms with Crippen LogP contribution in [0.4, 0.5) is 5.82 Å². The number of carbonyl (C=O) groups is 1. The number of fused-ring (bicyclic) bond motifs is 1. The van der Waals surface area contributed by atoms with Gasteiger partial charge in [-0.15, -0.1) is 0 Å². The number of aromatic nitrogens is 2. The monoisotopic (exact) mass is 471 g/mol. The Morgan fingerprint density at radius 3 is 2.66 bits per heavy atom. The number of piperazine rings is 1. The lowest BCUT2D eigenvalue weighted by atomic mass is 10.2. The van der Waals surface area contributed by atoms with E-state index in [0.29, 0.717) is 32.8 Å². The number of thioether (sulfide) groups is 1. The summed E-state index contributed by atoms with van der Waals surface area (Å²) in [6, 6.07) is 3.80. The van der Waals surface area contributed by atoms with Crippen LogP contribution in [0.1, 0.15) is 37.3 Å². The molecule has 0 bridgehead atoms. The molecule has 9 heteroatoms. The number of nitrogens with zero attached hydrogens (tertiary/aromatic N) is 5. The van der Waals surface area contributed by atoms with E-state index in [1.165, 1.54) is 11.8 Å². The molecule has 0 spiro atoms. The molecule has 0 unspecified atom stereocenters. The fourth-order valence-electron chi connectivity index (χ4n) is 4.03. The predicted molar refractivity (Wildman–Crippen MR) is 135 cm³/mol. The molecule has 1 amide bonds. The maximum absolute atomic E-state index is 13.6. The van der Waals surface area contributed by atoms with Crippen molar-refractivity contribution in [1.82, 2.24) is 19.2 Å². The van der Waals surface area contributed by atoms with E-state index >= 15 is 0 Å². The number of amides is 1. The molecule has 0 aliphatic carbocycles. The van der Waals surface area contributed by atoms with E-state index < -0.39 is 0 Å². The summed E-state index contributed by atoms with van der Waals surface area (Å²) in [6.07, 6.45) is 6.49. The summed E-state index contributed by atoms with van der Waals surface area (Å²) in [5, 5.41) is 0. The zero-order chi connectivity index (χ0) is 22.8. The van der Waals surface area contributed by atoms with Gasteiger partial charge in [-0.25, -0.2) is 4.98 Å². The first-order chi connectivity index (χ1) is 15.4. The molecule has 2 fully saturated rings. The van der Waals surface area contributed by atoms with Crippen LogP contribution >= 0.6 is 24.0 Å². The van der Waals surface area contributed by atoms with Crippen LogP contribution in [0, 0.1) is 6.92 Å². The molecule has 0 N–H and O–H groups in total. The van der Waals surface area contributed by atoms with Crippen LogP contribution in [0.3, 0.4) is 0 Å². The van der Waals surface area contributed by atoms with Gasteiger partial charge in [-0.2, -0.15) is 0 Å². The van der Waals surface area contributed by atoms with Crippen molar-refractivity contribution in [3.63, 3.8) is 0 Å². The predicted octanol–water partition coefficient (Wildman–Crippen LogP) is 3.15. The van der Waals surface area contributed by atoms with Crippen molar-refractivity contribution in [1.29, 1.82) is 0 Å². The Kier molecular flexibility index (Phi) is 6.97. The molecule has 2 aliphatic rings. The molecule has 4 rings (SSSR count). The lowest BCUT2D eigenvalue weighted by Gasteiger charge is -2.34. The molecule has 2 aliphatic heterocycles. The summed E-state index contributed by atoms with van der Waals surface area (Å²) in [6.45, 7) is 8.06. The molecular formula is C23H29N5O2S2. The average Bonchev–Trinajstić information content (AvgIpc) is 3.04. The molecule has 2 aromatic heterocycles. The number of unbranched alkanes of at least 4 members (excludes halogenated alkanes) is 2. The van der Waals surface area contributed by atoms with Crippen LogP contribution in [0.25, 0.3) is 11.7 Å². The highest BCUT2D eigenvalue weighted by Crippen LogP contribution is 2.34. The van der Waals surface area contributed by atoms with Crippen molar-refractivity contribution in [2.45, 2.75) is 33.1 Å². The van der Waals surface area contributed by atoms with Gasteiger partial charge in [0.15, 0.2) is 0 Å². The lowest BCUT2D eigenvalue weighted by Crippen LogP contribution is -2.45. The van der Waals surface area contributed by atoms with Gasteiger partial charge in [-0.05, 0) is 38.1 Å². The molecule has 2 saturated heterocycles. The van der Waals surface area contributed by atoms with E-state index in [1.54, 1.807) is 21.6 Å². The second-order valence-electron chi connectivity index (χ2n) is 8.37. The van der Waals surface area contributed by atoms with E-state index in [0.717, 1.165) is 51.0 Å². The van der Waals surface area contributed by atoms with Crippen LogP contribution in [-0.2, 0) is 4.79 Å². The standard InChI is InChI=1S/C23H29N5O2S2/c1-4-5-6-9-28-22(30)18(32-23(28)31)15-17-20(26-13-11-25(3)12-14-26)24-19-16(2)8-7-10-27(19)21(17)29/h7-8,10,15H,4-6,9,11-14H2,1-3H3. The van der Waals surface area contributed by atoms with Crippen molar-refractivity contribution in [2.75, 3.05) is 44.7 Å². The summed E-state index contributed by atoms with van der Waals surface area (Å²) < 4.78 is 2.13. The summed E-state index contributed by atoms with van der Waals surface area (Å²) in [7, 11) is 2.09. The minimum absolute atomic E-state index is 0.117. The minimum Gasteiger partial charge on any atom is -0.353 e. The van der Waals surface area contributed by atoms with E-state index in [1.807, 2.05) is 19.1 Å². The molecule has 4 heterocycles. The second-order valence-corrected chi connectivity index (χ2v) is 10.0. The first-order valence-corrected chi connectivity index (χ1v) is 12.3. The smallest absolute Gasteiger partial charge is 0.267 e. The van der Waals surface area contributed by atoms with Gasteiger partial charge in [0.25, 0.3) is 11.5 Å². The zero-order valence-corrected chi connectivity index (χ0v) is 20.5. The SMILES string of the molecule is CCCCCN1C(=O)C(=Cc2c(N3CCN(C)CC3)nc3c(C)cccn3c2=O)SC1=S. The summed E-state index contributed by atoms with van der Waals surface area (Å²) >= 11 is 6.74. The van der Waals surface area contributed by atoms with Gasteiger partial charge in [0, 0.05) is 38.9 Å². The number of pyridine rings is 1. The Hall–Kier alpha value is -2.23. The topological polar surface area (TPSA) is 61.2 Å². The van der Waals surface area contributed by atoms with E-state index in [2.05, 4.69) is 23.8 Å². The highest BCUT2D eigenvalue weighted by atomic mass is 32.2. The number of thiocarbonyl (C=S) groups is 1. The normalized spacial score (nSPS) is 19.0.